The normalized spacial score (nSPS) is 20.5. The van der Waals surface area contributed by atoms with Gasteiger partial charge in [0.2, 0.25) is 5.91 Å². The number of fused-ring (bicyclic) bond motifs is 1. The van der Waals surface area contributed by atoms with Crippen molar-refractivity contribution in [3.63, 3.8) is 0 Å². The van der Waals surface area contributed by atoms with Crippen LogP contribution < -0.4 is 5.32 Å². The molecule has 5 heteroatoms. The SMILES string of the molecule is CC(NC(=O)C(C)N1CCCC(C(=O)O)C1)c1cccc2ccccc12. The third kappa shape index (κ3) is 3.88. The molecular weight excluding hydrogens is 328 g/mol. The van der Waals surface area contributed by atoms with E-state index >= 15 is 0 Å². The van der Waals surface area contributed by atoms with E-state index in [1.165, 1.54) is 0 Å². The van der Waals surface area contributed by atoms with Crippen LogP contribution in [0, 0.1) is 5.92 Å². The number of rotatable bonds is 5. The molecular formula is C21H26N2O3. The number of hydrogen-bond donors (Lipinski definition) is 2. The summed E-state index contributed by atoms with van der Waals surface area (Å²) < 4.78 is 0. The number of hydrogen-bond acceptors (Lipinski definition) is 3. The summed E-state index contributed by atoms with van der Waals surface area (Å²) in [4.78, 5) is 26.0. The summed E-state index contributed by atoms with van der Waals surface area (Å²) in [5.74, 6) is -1.21. The quantitative estimate of drug-likeness (QED) is 0.865. The molecule has 0 radical (unpaired) electrons. The number of piperidine rings is 1. The molecule has 2 aromatic rings. The van der Waals surface area contributed by atoms with Crippen LogP contribution in [0.15, 0.2) is 42.5 Å². The first kappa shape index (κ1) is 18.4. The van der Waals surface area contributed by atoms with E-state index in [0.717, 1.165) is 29.3 Å². The van der Waals surface area contributed by atoms with E-state index in [1.807, 2.05) is 43.0 Å². The topological polar surface area (TPSA) is 69.6 Å². The second-order valence-electron chi connectivity index (χ2n) is 7.15. The van der Waals surface area contributed by atoms with Crippen LogP contribution >= 0.6 is 0 Å². The summed E-state index contributed by atoms with van der Waals surface area (Å²) in [5.41, 5.74) is 1.09. The van der Waals surface area contributed by atoms with Crippen molar-refractivity contribution >= 4 is 22.6 Å². The van der Waals surface area contributed by atoms with Crippen molar-refractivity contribution in [1.82, 2.24) is 10.2 Å². The van der Waals surface area contributed by atoms with Gasteiger partial charge in [0.15, 0.2) is 0 Å². The molecule has 0 bridgehead atoms. The lowest BCUT2D eigenvalue weighted by molar-refractivity contribution is -0.145. The van der Waals surface area contributed by atoms with Crippen LogP contribution in [0.1, 0.15) is 38.3 Å². The second-order valence-corrected chi connectivity index (χ2v) is 7.15. The van der Waals surface area contributed by atoms with Gasteiger partial charge in [0, 0.05) is 6.54 Å². The van der Waals surface area contributed by atoms with Crippen molar-refractivity contribution in [1.29, 1.82) is 0 Å². The van der Waals surface area contributed by atoms with E-state index in [1.54, 1.807) is 0 Å². The van der Waals surface area contributed by atoms with Crippen LogP contribution in [0.2, 0.25) is 0 Å². The zero-order valence-electron chi connectivity index (χ0n) is 15.3. The monoisotopic (exact) mass is 354 g/mol. The van der Waals surface area contributed by atoms with E-state index < -0.39 is 5.97 Å². The maximum Gasteiger partial charge on any atom is 0.307 e. The molecule has 5 nitrogen and oxygen atoms in total. The number of aliphatic carboxylic acids is 1. The summed E-state index contributed by atoms with van der Waals surface area (Å²) in [6, 6.07) is 13.8. The van der Waals surface area contributed by atoms with Gasteiger partial charge in [-0.3, -0.25) is 14.5 Å². The Morgan fingerprint density at radius 2 is 1.88 bits per heavy atom. The maximum atomic E-state index is 12.7. The molecule has 0 aliphatic carbocycles. The smallest absolute Gasteiger partial charge is 0.307 e. The number of carbonyl (C=O) groups excluding carboxylic acids is 1. The molecule has 3 atom stereocenters. The van der Waals surface area contributed by atoms with E-state index in [2.05, 4.69) is 23.5 Å². The van der Waals surface area contributed by atoms with Gasteiger partial charge < -0.3 is 10.4 Å². The van der Waals surface area contributed by atoms with Gasteiger partial charge in [-0.05, 0) is 49.6 Å². The first-order valence-electron chi connectivity index (χ1n) is 9.22. The summed E-state index contributed by atoms with van der Waals surface area (Å²) in [5, 5.41) is 14.6. The Hall–Kier alpha value is -2.40. The highest BCUT2D eigenvalue weighted by atomic mass is 16.4. The van der Waals surface area contributed by atoms with Crippen molar-refractivity contribution in [2.45, 2.75) is 38.8 Å². The molecule has 1 amide bonds. The molecule has 0 saturated carbocycles. The van der Waals surface area contributed by atoms with Crippen LogP contribution in [-0.4, -0.2) is 41.0 Å². The lowest BCUT2D eigenvalue weighted by atomic mass is 9.96. The molecule has 1 saturated heterocycles. The summed E-state index contributed by atoms with van der Waals surface area (Å²) in [6.45, 7) is 5.05. The number of carboxylic acid groups (broad SMARTS) is 1. The molecule has 2 aromatic carbocycles. The maximum absolute atomic E-state index is 12.7. The summed E-state index contributed by atoms with van der Waals surface area (Å²) in [6.07, 6.45) is 1.50. The second kappa shape index (κ2) is 7.87. The van der Waals surface area contributed by atoms with Gasteiger partial charge in [0.1, 0.15) is 0 Å². The Morgan fingerprint density at radius 3 is 2.65 bits per heavy atom. The largest absolute Gasteiger partial charge is 0.481 e. The molecule has 1 aliphatic rings. The van der Waals surface area contributed by atoms with E-state index in [0.29, 0.717) is 13.0 Å². The molecule has 0 spiro atoms. The van der Waals surface area contributed by atoms with Gasteiger partial charge in [0.25, 0.3) is 0 Å². The van der Waals surface area contributed by atoms with E-state index in [-0.39, 0.29) is 23.9 Å². The fraction of sp³-hybridized carbons (Fsp3) is 0.429. The number of nitrogens with zero attached hydrogens (tertiary/aromatic N) is 1. The molecule has 1 fully saturated rings. The summed E-state index contributed by atoms with van der Waals surface area (Å²) >= 11 is 0. The Morgan fingerprint density at radius 1 is 1.15 bits per heavy atom. The van der Waals surface area contributed by atoms with Gasteiger partial charge >= 0.3 is 5.97 Å². The van der Waals surface area contributed by atoms with Crippen LogP contribution in [0.5, 0.6) is 0 Å². The highest BCUT2D eigenvalue weighted by molar-refractivity contribution is 5.87. The average Bonchev–Trinajstić information content (AvgIpc) is 2.66. The first-order chi connectivity index (χ1) is 12.5. The first-order valence-corrected chi connectivity index (χ1v) is 9.22. The van der Waals surface area contributed by atoms with Crippen molar-refractivity contribution < 1.29 is 14.7 Å². The number of carbonyl (C=O) groups is 2. The highest BCUT2D eigenvalue weighted by Crippen LogP contribution is 2.25. The number of amides is 1. The van der Waals surface area contributed by atoms with Crippen molar-refractivity contribution in [2.75, 3.05) is 13.1 Å². The fourth-order valence-corrected chi connectivity index (χ4v) is 3.77. The molecule has 1 aliphatic heterocycles. The van der Waals surface area contributed by atoms with Gasteiger partial charge in [-0.2, -0.15) is 0 Å². The number of carboxylic acids is 1. The van der Waals surface area contributed by atoms with Gasteiger partial charge in [-0.1, -0.05) is 42.5 Å². The highest BCUT2D eigenvalue weighted by Gasteiger charge is 2.31. The lowest BCUT2D eigenvalue weighted by Gasteiger charge is -2.35. The Kier molecular flexibility index (Phi) is 5.57. The minimum absolute atomic E-state index is 0.0588. The number of benzene rings is 2. The van der Waals surface area contributed by atoms with Crippen LogP contribution in [-0.2, 0) is 9.59 Å². The molecule has 2 N–H and O–H groups in total. The third-order valence-corrected chi connectivity index (χ3v) is 5.38. The van der Waals surface area contributed by atoms with E-state index in [9.17, 15) is 14.7 Å². The van der Waals surface area contributed by atoms with Crippen molar-refractivity contribution in [3.8, 4) is 0 Å². The molecule has 3 rings (SSSR count). The molecule has 3 unspecified atom stereocenters. The standard InChI is InChI=1S/C21H26N2O3/c1-14(18-11-5-8-16-7-3-4-10-19(16)18)22-20(24)15(2)23-12-6-9-17(13-23)21(25)26/h3-5,7-8,10-11,14-15,17H,6,9,12-13H2,1-2H3,(H,22,24)(H,25,26). The molecule has 0 aromatic heterocycles. The van der Waals surface area contributed by atoms with Crippen LogP contribution in [0.3, 0.4) is 0 Å². The molecule has 26 heavy (non-hydrogen) atoms. The molecule has 138 valence electrons. The minimum atomic E-state index is -0.772. The van der Waals surface area contributed by atoms with Gasteiger partial charge in [-0.25, -0.2) is 0 Å². The predicted molar refractivity (Wildman–Crippen MR) is 102 cm³/mol. The van der Waals surface area contributed by atoms with Crippen molar-refractivity contribution in [3.05, 3.63) is 48.0 Å². The fourth-order valence-electron chi connectivity index (χ4n) is 3.77. The Bertz CT molecular complexity index is 799. The van der Waals surface area contributed by atoms with Crippen LogP contribution in [0.4, 0.5) is 0 Å². The zero-order chi connectivity index (χ0) is 18.7. The average molecular weight is 354 g/mol. The third-order valence-electron chi connectivity index (χ3n) is 5.38. The Labute approximate surface area is 154 Å². The Balaban J connectivity index is 1.69. The van der Waals surface area contributed by atoms with Gasteiger partial charge in [0.05, 0.1) is 18.0 Å². The minimum Gasteiger partial charge on any atom is -0.481 e. The zero-order valence-corrected chi connectivity index (χ0v) is 15.3. The van der Waals surface area contributed by atoms with E-state index in [4.69, 9.17) is 0 Å². The predicted octanol–water partition coefficient (Wildman–Crippen LogP) is 3.20. The molecule has 1 heterocycles. The lowest BCUT2D eigenvalue weighted by Crippen LogP contribution is -2.50. The summed E-state index contributed by atoms with van der Waals surface area (Å²) in [7, 11) is 0. The van der Waals surface area contributed by atoms with Gasteiger partial charge in [-0.15, -0.1) is 0 Å². The van der Waals surface area contributed by atoms with Crippen molar-refractivity contribution in [2.24, 2.45) is 5.92 Å². The number of nitrogens with one attached hydrogen (secondary N) is 1. The van der Waals surface area contributed by atoms with Crippen LogP contribution in [0.25, 0.3) is 10.8 Å². The number of likely N-dealkylation sites (tertiary alicyclic amines) is 1.